The topological polar surface area (TPSA) is 97.8 Å². The van der Waals surface area contributed by atoms with Crippen molar-refractivity contribution in [1.29, 1.82) is 0 Å². The molecule has 1 aliphatic rings. The molecule has 0 unspecified atom stereocenters. The largest absolute Gasteiger partial charge is 0.385 e. The van der Waals surface area contributed by atoms with Gasteiger partial charge in [-0.3, -0.25) is 4.79 Å². The Balaban J connectivity index is 1.84. The molecule has 3 aromatic carbocycles. The van der Waals surface area contributed by atoms with Gasteiger partial charge < -0.3 is 4.18 Å². The second-order valence-corrected chi connectivity index (χ2v) is 11.2. The average molecular weight is 504 g/mol. The molecule has 1 aliphatic heterocycles. The number of carbonyl (C=O) groups is 1. The van der Waals surface area contributed by atoms with Gasteiger partial charge in [-0.2, -0.15) is 12.7 Å². The van der Waals surface area contributed by atoms with Gasteiger partial charge in [-0.1, -0.05) is 59.1 Å². The van der Waals surface area contributed by atoms with Crippen molar-refractivity contribution in [2.75, 3.05) is 0 Å². The van der Waals surface area contributed by atoms with Crippen molar-refractivity contribution in [3.63, 3.8) is 0 Å². The van der Waals surface area contributed by atoms with Crippen molar-refractivity contribution in [1.82, 2.24) is 4.31 Å². The Hall–Kier alpha value is -3.14. The number of benzene rings is 3. The smallest absolute Gasteiger partial charge is 0.338 e. The lowest BCUT2D eigenvalue weighted by molar-refractivity contribution is 0.0916. The van der Waals surface area contributed by atoms with E-state index in [1.807, 2.05) is 0 Å². The van der Waals surface area contributed by atoms with Crippen molar-refractivity contribution in [3.05, 3.63) is 100 Å². The summed E-state index contributed by atoms with van der Waals surface area (Å²) in [5, 5.41) is 0.0337. The number of rotatable bonds is 5. The minimum Gasteiger partial charge on any atom is -0.385 e. The van der Waals surface area contributed by atoms with Crippen LogP contribution in [0.1, 0.15) is 27.0 Å². The second-order valence-electron chi connectivity index (χ2n) is 7.42. The molecule has 1 amide bonds. The molecule has 4 rings (SSSR count). The highest BCUT2D eigenvalue weighted by Crippen LogP contribution is 2.40. The maximum Gasteiger partial charge on any atom is 0.338 e. The van der Waals surface area contributed by atoms with Crippen LogP contribution >= 0.6 is 11.6 Å². The summed E-state index contributed by atoms with van der Waals surface area (Å²) in [6.45, 7) is 3.60. The molecule has 0 bridgehead atoms. The van der Waals surface area contributed by atoms with Crippen LogP contribution in [0.25, 0.3) is 5.70 Å². The Kier molecular flexibility index (Phi) is 5.81. The number of hydrogen-bond donors (Lipinski definition) is 0. The van der Waals surface area contributed by atoms with Crippen LogP contribution in [0.3, 0.4) is 0 Å². The SMILES string of the molecule is Cc1ccc(S(=O)(=O)O/C=C2\c3cccc(Cl)c3C(=O)N2S(=O)(=O)c2ccc(C)cc2)cc1. The highest BCUT2D eigenvalue weighted by molar-refractivity contribution is 7.90. The molecule has 7 nitrogen and oxygen atoms in total. The third kappa shape index (κ3) is 4.15. The molecule has 0 saturated heterocycles. The Labute approximate surface area is 197 Å². The summed E-state index contributed by atoms with van der Waals surface area (Å²) in [6, 6.07) is 16.3. The molecule has 10 heteroatoms. The van der Waals surface area contributed by atoms with E-state index in [9.17, 15) is 21.6 Å². The molecule has 0 spiro atoms. The molecule has 1 heterocycles. The molecule has 3 aromatic rings. The predicted octanol–water partition coefficient (Wildman–Crippen LogP) is 4.51. The monoisotopic (exact) mass is 503 g/mol. The van der Waals surface area contributed by atoms with Crippen LogP contribution in [0.5, 0.6) is 0 Å². The van der Waals surface area contributed by atoms with Crippen LogP contribution in [0.15, 0.2) is 82.8 Å². The average Bonchev–Trinajstić information content (AvgIpc) is 3.06. The third-order valence-electron chi connectivity index (χ3n) is 5.06. The van der Waals surface area contributed by atoms with Crippen molar-refractivity contribution < 1.29 is 25.8 Å². The van der Waals surface area contributed by atoms with Gasteiger partial charge in [0.25, 0.3) is 15.9 Å². The Morgan fingerprint density at radius 3 is 1.94 bits per heavy atom. The first kappa shape index (κ1) is 23.0. The number of halogens is 1. The van der Waals surface area contributed by atoms with Crippen molar-refractivity contribution >= 4 is 43.3 Å². The zero-order valence-electron chi connectivity index (χ0n) is 17.5. The highest BCUT2D eigenvalue weighted by Gasteiger charge is 2.43. The van der Waals surface area contributed by atoms with Gasteiger partial charge in [-0.05, 0) is 44.2 Å². The van der Waals surface area contributed by atoms with Crippen LogP contribution in [-0.4, -0.2) is 27.0 Å². The van der Waals surface area contributed by atoms with Gasteiger partial charge in [0.05, 0.1) is 15.5 Å². The van der Waals surface area contributed by atoms with Crippen LogP contribution in [-0.2, 0) is 24.3 Å². The van der Waals surface area contributed by atoms with Crippen LogP contribution in [0, 0.1) is 13.8 Å². The Morgan fingerprint density at radius 1 is 0.818 bits per heavy atom. The lowest BCUT2D eigenvalue weighted by Gasteiger charge is -2.18. The molecule has 0 aliphatic carbocycles. The molecule has 0 aromatic heterocycles. The van der Waals surface area contributed by atoms with Gasteiger partial charge in [0.1, 0.15) is 16.9 Å². The molecule has 170 valence electrons. The summed E-state index contributed by atoms with van der Waals surface area (Å²) in [5.74, 6) is -0.904. The first-order valence-electron chi connectivity index (χ1n) is 9.68. The zero-order valence-corrected chi connectivity index (χ0v) is 19.9. The quantitative estimate of drug-likeness (QED) is 0.375. The molecule has 0 N–H and O–H groups in total. The van der Waals surface area contributed by atoms with Gasteiger partial charge in [0.15, 0.2) is 0 Å². The summed E-state index contributed by atoms with van der Waals surface area (Å²) < 4.78 is 57.7. The summed E-state index contributed by atoms with van der Waals surface area (Å²) in [7, 11) is -8.67. The van der Waals surface area contributed by atoms with E-state index < -0.39 is 26.0 Å². The summed E-state index contributed by atoms with van der Waals surface area (Å²) in [6.07, 6.45) is 0.751. The summed E-state index contributed by atoms with van der Waals surface area (Å²) in [4.78, 5) is 12.9. The molecule has 0 fully saturated rings. The molecule has 0 saturated carbocycles. The predicted molar refractivity (Wildman–Crippen MR) is 123 cm³/mol. The van der Waals surface area contributed by atoms with Gasteiger partial charge >= 0.3 is 10.1 Å². The van der Waals surface area contributed by atoms with Crippen molar-refractivity contribution in [2.24, 2.45) is 0 Å². The second kappa shape index (κ2) is 8.33. The molecule has 0 radical (unpaired) electrons. The Bertz CT molecular complexity index is 1490. The molecule has 0 atom stereocenters. The fraction of sp³-hybridized carbons (Fsp3) is 0.0870. The van der Waals surface area contributed by atoms with E-state index in [1.165, 1.54) is 42.5 Å². The number of hydrogen-bond acceptors (Lipinski definition) is 6. The van der Waals surface area contributed by atoms with E-state index in [0.717, 1.165) is 17.4 Å². The number of carbonyl (C=O) groups excluding carboxylic acids is 1. The lowest BCUT2D eigenvalue weighted by atomic mass is 10.1. The first-order chi connectivity index (χ1) is 15.5. The van der Waals surface area contributed by atoms with E-state index >= 15 is 0 Å². The number of fused-ring (bicyclic) bond motifs is 1. The summed E-state index contributed by atoms with van der Waals surface area (Å²) >= 11 is 6.18. The van der Waals surface area contributed by atoms with E-state index in [4.69, 9.17) is 15.8 Å². The standard InChI is InChI=1S/C23H18ClNO6S2/c1-15-6-10-17(11-7-15)32(27,28)25-21(19-4-3-5-20(24)22(19)23(25)26)14-31-33(29,30)18-12-8-16(2)9-13-18/h3-14H,1-2H3/b21-14+. The van der Waals surface area contributed by atoms with Crippen LogP contribution in [0.2, 0.25) is 5.02 Å². The fourth-order valence-corrected chi connectivity index (χ4v) is 5.76. The third-order valence-corrected chi connectivity index (χ3v) is 8.29. The van der Waals surface area contributed by atoms with Gasteiger partial charge in [0, 0.05) is 5.56 Å². The van der Waals surface area contributed by atoms with Crippen LogP contribution < -0.4 is 0 Å². The molecule has 33 heavy (non-hydrogen) atoms. The van der Waals surface area contributed by atoms with E-state index in [-0.39, 0.29) is 31.6 Å². The minimum absolute atomic E-state index is 0.0337. The summed E-state index contributed by atoms with van der Waals surface area (Å²) in [5.41, 5.74) is 1.51. The number of aryl methyl sites for hydroxylation is 2. The van der Waals surface area contributed by atoms with E-state index in [2.05, 4.69) is 0 Å². The highest BCUT2D eigenvalue weighted by atomic mass is 35.5. The fourth-order valence-electron chi connectivity index (χ4n) is 3.31. The molecular weight excluding hydrogens is 486 g/mol. The number of amides is 1. The van der Waals surface area contributed by atoms with E-state index in [1.54, 1.807) is 38.1 Å². The maximum atomic E-state index is 13.4. The van der Waals surface area contributed by atoms with Crippen LogP contribution in [0.4, 0.5) is 0 Å². The maximum absolute atomic E-state index is 13.4. The Morgan fingerprint density at radius 2 is 1.36 bits per heavy atom. The minimum atomic E-state index is -4.39. The van der Waals surface area contributed by atoms with E-state index in [0.29, 0.717) is 4.31 Å². The first-order valence-corrected chi connectivity index (χ1v) is 12.9. The van der Waals surface area contributed by atoms with Crippen molar-refractivity contribution in [3.8, 4) is 0 Å². The normalized spacial score (nSPS) is 15.1. The van der Waals surface area contributed by atoms with Crippen molar-refractivity contribution in [2.45, 2.75) is 23.6 Å². The van der Waals surface area contributed by atoms with Gasteiger partial charge in [-0.25, -0.2) is 8.42 Å². The zero-order chi connectivity index (χ0) is 24.0. The van der Waals surface area contributed by atoms with Gasteiger partial charge in [-0.15, -0.1) is 0 Å². The lowest BCUT2D eigenvalue weighted by Crippen LogP contribution is -2.31. The van der Waals surface area contributed by atoms with Gasteiger partial charge in [0.2, 0.25) is 0 Å². The number of nitrogens with zero attached hydrogens (tertiary/aromatic N) is 1. The molecular formula is C23H18ClNO6S2. The number of sulfonamides is 1.